The molecule has 76 heavy (non-hydrogen) atoms. The molecule has 0 N–H and O–H groups in total. The molecule has 0 saturated heterocycles. The Labute approximate surface area is 453 Å². The third-order valence-electron chi connectivity index (χ3n) is 17.5. The molecule has 5 heteroatoms. The van der Waals surface area contributed by atoms with E-state index >= 15 is 0 Å². The maximum Gasteiger partial charge on any atom is 0.147 e. The molecule has 374 valence electrons. The van der Waals surface area contributed by atoms with Crippen LogP contribution in [0.2, 0.25) is 0 Å². The first-order valence-electron chi connectivity index (χ1n) is 28.4. The second-order valence-corrected chi connectivity index (χ2v) is 22.7. The monoisotopic (exact) mass is 1050 g/mol. The summed E-state index contributed by atoms with van der Waals surface area (Å²) < 4.78 is 5.99. The summed E-state index contributed by atoms with van der Waals surface area (Å²) in [5.41, 5.74) is 14.2. The van der Waals surface area contributed by atoms with Crippen LogP contribution in [0.25, 0.3) is 121 Å². The Bertz CT molecular complexity index is 4410. The van der Waals surface area contributed by atoms with Crippen LogP contribution in [0.4, 0.5) is 0 Å². The average Bonchev–Trinajstić information content (AvgIpc) is 4.21. The molecule has 0 fully saturated rings. The fourth-order valence-corrected chi connectivity index (χ4v) is 14.5. The van der Waals surface area contributed by atoms with Crippen LogP contribution in [0.5, 0.6) is 0 Å². The first kappa shape index (κ1) is 47.1. The number of aromatic nitrogens is 4. The number of fused-ring (bicyclic) bond motifs is 22. The third kappa shape index (κ3) is 7.28. The fraction of sp³-hybridized carbons (Fsp3) is 0.239. The molecule has 1 aliphatic rings. The second-order valence-electron chi connectivity index (χ2n) is 21.9. The number of rotatable bonds is 16. The van der Waals surface area contributed by atoms with Gasteiger partial charge in [-0.2, -0.15) is 0 Å². The van der Waals surface area contributed by atoms with Crippen LogP contribution < -0.4 is 0 Å². The molecule has 0 saturated carbocycles. The SMILES string of the molecule is CCCCCCCCC1(CCCCCCCC)c2ccccc2-c2ccc(-n3c(-c4c(Br)ccc5c6ccccc6n6c(nc7c8ccccc8c8ccccc8c76)c45)nc4c5ccccc5c5ccccc5c43)cc21. The number of hydrogen-bond donors (Lipinski definition) is 0. The van der Waals surface area contributed by atoms with Gasteiger partial charge in [-0.1, -0.05) is 258 Å². The number of pyridine rings is 1. The quantitative estimate of drug-likeness (QED) is 0.0714. The lowest BCUT2D eigenvalue weighted by Gasteiger charge is -2.33. The molecule has 13 aromatic rings. The summed E-state index contributed by atoms with van der Waals surface area (Å²) in [7, 11) is 0. The van der Waals surface area contributed by atoms with Crippen LogP contribution in [-0.4, -0.2) is 18.9 Å². The Kier molecular flexibility index (Phi) is 12.0. The van der Waals surface area contributed by atoms with Gasteiger partial charge in [-0.05, 0) is 86.3 Å². The molecule has 3 aromatic heterocycles. The summed E-state index contributed by atoms with van der Waals surface area (Å²) in [6.07, 6.45) is 17.8. The topological polar surface area (TPSA) is 35.1 Å². The number of unbranched alkanes of at least 4 members (excludes halogenated alkanes) is 10. The summed E-state index contributed by atoms with van der Waals surface area (Å²) >= 11 is 4.29. The molecule has 0 aliphatic heterocycles. The number of hydrogen-bond acceptors (Lipinski definition) is 2. The number of imidazole rings is 2. The van der Waals surface area contributed by atoms with Crippen molar-refractivity contribution in [2.75, 3.05) is 0 Å². The van der Waals surface area contributed by atoms with Gasteiger partial charge in [-0.25, -0.2) is 9.97 Å². The van der Waals surface area contributed by atoms with Crippen molar-refractivity contribution >= 4 is 108 Å². The van der Waals surface area contributed by atoms with E-state index in [1.54, 1.807) is 0 Å². The van der Waals surface area contributed by atoms with E-state index in [0.29, 0.717) is 0 Å². The third-order valence-corrected chi connectivity index (χ3v) is 18.2. The highest BCUT2D eigenvalue weighted by Gasteiger charge is 2.42. The van der Waals surface area contributed by atoms with Gasteiger partial charge in [0.05, 0.1) is 27.6 Å². The highest BCUT2D eigenvalue weighted by molar-refractivity contribution is 9.10. The molecule has 14 rings (SSSR count). The molecule has 1 aliphatic carbocycles. The zero-order chi connectivity index (χ0) is 50.9. The maximum absolute atomic E-state index is 6.02. The smallest absolute Gasteiger partial charge is 0.147 e. The normalized spacial score (nSPS) is 13.2. The number of halogens is 1. The predicted molar refractivity (Wildman–Crippen MR) is 328 cm³/mol. The predicted octanol–water partition coefficient (Wildman–Crippen LogP) is 20.9. The van der Waals surface area contributed by atoms with Crippen LogP contribution in [0.3, 0.4) is 0 Å². The van der Waals surface area contributed by atoms with E-state index in [1.807, 2.05) is 0 Å². The van der Waals surface area contributed by atoms with Gasteiger partial charge < -0.3 is 0 Å². The average molecular weight is 1050 g/mol. The lowest BCUT2D eigenvalue weighted by Crippen LogP contribution is -2.25. The fourth-order valence-electron chi connectivity index (χ4n) is 14.0. The van der Waals surface area contributed by atoms with Gasteiger partial charge in [-0.15, -0.1) is 0 Å². The number of benzene rings is 10. The van der Waals surface area contributed by atoms with Gasteiger partial charge in [0.2, 0.25) is 0 Å². The standard InChI is InChI=1S/C71H63BrN4/c1-3-5-7-9-11-25-43-71(44-26-12-10-8-6-4-2)59-37-23-21-31-51(59)52-40-39-46(45-60(52)71)75-67-57-35-19-15-29-49(57)47-27-13-17-33-55(47)65(67)74-70(75)64-61(72)42-41-54-53-32-22-24-38-62(53)76-68-58-36-20-16-30-50(58)48-28-14-18-34-56(48)66(68)73-69(76)63(54)64/h13-24,27-42,45H,3-12,25-26,43-44H2,1-2H3. The van der Waals surface area contributed by atoms with Crippen LogP contribution in [0.15, 0.2) is 180 Å². The van der Waals surface area contributed by atoms with Gasteiger partial charge in [-0.3, -0.25) is 8.97 Å². The Morgan fingerprint density at radius 1 is 0.421 bits per heavy atom. The van der Waals surface area contributed by atoms with Crippen LogP contribution in [0.1, 0.15) is 115 Å². The summed E-state index contributed by atoms with van der Waals surface area (Å²) in [5, 5.41) is 13.0. The maximum atomic E-state index is 6.02. The van der Waals surface area contributed by atoms with Crippen molar-refractivity contribution in [2.45, 2.75) is 109 Å². The van der Waals surface area contributed by atoms with Crippen molar-refractivity contribution in [3.05, 3.63) is 192 Å². The summed E-state index contributed by atoms with van der Waals surface area (Å²) in [6.45, 7) is 4.65. The van der Waals surface area contributed by atoms with Crippen molar-refractivity contribution in [1.82, 2.24) is 18.9 Å². The summed E-state index contributed by atoms with van der Waals surface area (Å²) in [5.74, 6) is 0.904. The second kappa shape index (κ2) is 19.3. The van der Waals surface area contributed by atoms with Gasteiger partial charge in [0.15, 0.2) is 0 Å². The molecule has 0 bridgehead atoms. The summed E-state index contributed by atoms with van der Waals surface area (Å²) in [6, 6.07) is 66.0. The lowest BCUT2D eigenvalue weighted by atomic mass is 9.70. The summed E-state index contributed by atoms with van der Waals surface area (Å²) in [4.78, 5) is 11.9. The van der Waals surface area contributed by atoms with Crippen molar-refractivity contribution < 1.29 is 0 Å². The molecule has 4 nitrogen and oxygen atoms in total. The molecule has 0 atom stereocenters. The Morgan fingerprint density at radius 2 is 0.921 bits per heavy atom. The van der Waals surface area contributed by atoms with E-state index in [0.717, 1.165) is 89.2 Å². The zero-order valence-electron chi connectivity index (χ0n) is 43.8. The number of nitrogens with zero attached hydrogens (tertiary/aromatic N) is 4. The van der Waals surface area contributed by atoms with Crippen molar-refractivity contribution in [2.24, 2.45) is 0 Å². The van der Waals surface area contributed by atoms with E-state index in [-0.39, 0.29) is 5.41 Å². The largest absolute Gasteiger partial charge is 0.292 e. The van der Waals surface area contributed by atoms with Crippen molar-refractivity contribution in [1.29, 1.82) is 0 Å². The van der Waals surface area contributed by atoms with Gasteiger partial charge in [0.1, 0.15) is 11.5 Å². The zero-order valence-corrected chi connectivity index (χ0v) is 45.4. The molecular weight excluding hydrogens is 989 g/mol. The van der Waals surface area contributed by atoms with E-state index < -0.39 is 0 Å². The minimum Gasteiger partial charge on any atom is -0.292 e. The minimum atomic E-state index is -0.0879. The van der Waals surface area contributed by atoms with E-state index in [2.05, 4.69) is 215 Å². The molecule has 0 unspecified atom stereocenters. The first-order valence-corrected chi connectivity index (χ1v) is 29.2. The van der Waals surface area contributed by atoms with E-state index in [4.69, 9.17) is 9.97 Å². The van der Waals surface area contributed by atoms with Gasteiger partial charge in [0, 0.05) is 53.5 Å². The van der Waals surface area contributed by atoms with Crippen LogP contribution >= 0.6 is 15.9 Å². The Hall–Kier alpha value is -7.34. The van der Waals surface area contributed by atoms with E-state index in [9.17, 15) is 0 Å². The highest BCUT2D eigenvalue weighted by Crippen LogP contribution is 2.56. The molecular formula is C71H63BrN4. The molecule has 3 heterocycles. The molecule has 0 spiro atoms. The lowest BCUT2D eigenvalue weighted by molar-refractivity contribution is 0.398. The molecule has 0 radical (unpaired) electrons. The van der Waals surface area contributed by atoms with E-state index in [1.165, 1.54) is 137 Å². The molecule has 0 amide bonds. The van der Waals surface area contributed by atoms with Crippen LogP contribution in [0, 0.1) is 0 Å². The molecule has 10 aromatic carbocycles. The Balaban J connectivity index is 1.09. The Morgan fingerprint density at radius 3 is 1.57 bits per heavy atom. The van der Waals surface area contributed by atoms with Crippen molar-refractivity contribution in [3.63, 3.8) is 0 Å². The highest BCUT2D eigenvalue weighted by atomic mass is 79.9. The number of para-hydroxylation sites is 1. The first-order chi connectivity index (χ1) is 37.6. The minimum absolute atomic E-state index is 0.0879. The van der Waals surface area contributed by atoms with Crippen LogP contribution in [-0.2, 0) is 5.41 Å². The van der Waals surface area contributed by atoms with Gasteiger partial charge >= 0.3 is 0 Å². The van der Waals surface area contributed by atoms with Gasteiger partial charge in [0.25, 0.3) is 0 Å². The van der Waals surface area contributed by atoms with Crippen molar-refractivity contribution in [3.8, 4) is 28.2 Å².